The molecule has 1 atom stereocenters. The SMILES string of the molecule is CCC(C)c1cc2c(=O)n(C)cc(-c3cc(OC)c(CN(C)C)c(OC)c3)c2s1. The van der Waals surface area contributed by atoms with E-state index in [0.717, 1.165) is 44.7 Å². The Kier molecular flexibility index (Phi) is 6.34. The van der Waals surface area contributed by atoms with E-state index >= 15 is 0 Å². The second-order valence-electron chi connectivity index (χ2n) is 7.76. The number of benzene rings is 1. The molecule has 0 saturated heterocycles. The van der Waals surface area contributed by atoms with E-state index in [1.807, 2.05) is 32.4 Å². The first-order chi connectivity index (χ1) is 13.8. The molecule has 2 heterocycles. The third-order valence-corrected chi connectivity index (χ3v) is 6.76. The fraction of sp³-hybridized carbons (Fsp3) is 0.435. The Balaban J connectivity index is 2.28. The Morgan fingerprint density at radius 1 is 1.14 bits per heavy atom. The summed E-state index contributed by atoms with van der Waals surface area (Å²) < 4.78 is 14.1. The lowest BCUT2D eigenvalue weighted by molar-refractivity contribution is 0.349. The summed E-state index contributed by atoms with van der Waals surface area (Å²) in [4.78, 5) is 16.1. The summed E-state index contributed by atoms with van der Waals surface area (Å²) in [6, 6.07) is 6.15. The van der Waals surface area contributed by atoms with Gasteiger partial charge in [-0.15, -0.1) is 11.3 Å². The standard InChI is InChI=1S/C23H30N2O3S/c1-8-14(2)21-11-16-22(29-21)17(13-25(5)23(16)26)15-9-19(27-6)18(12-24(3)4)20(10-15)28-7/h9-11,13-14H,8,12H2,1-7H3. The van der Waals surface area contributed by atoms with Crippen molar-refractivity contribution in [1.82, 2.24) is 9.47 Å². The van der Waals surface area contributed by atoms with Crippen LogP contribution < -0.4 is 15.0 Å². The molecule has 1 aromatic carbocycles. The third-order valence-electron chi connectivity index (χ3n) is 5.36. The molecule has 0 aliphatic heterocycles. The molecule has 0 amide bonds. The molecule has 0 saturated carbocycles. The van der Waals surface area contributed by atoms with Crippen LogP contribution in [0.25, 0.3) is 21.2 Å². The normalized spacial score (nSPS) is 12.6. The predicted molar refractivity (Wildman–Crippen MR) is 122 cm³/mol. The van der Waals surface area contributed by atoms with Crippen LogP contribution in [0.3, 0.4) is 0 Å². The number of methoxy groups -OCH3 is 2. The molecule has 156 valence electrons. The van der Waals surface area contributed by atoms with Crippen LogP contribution in [0.4, 0.5) is 0 Å². The van der Waals surface area contributed by atoms with Gasteiger partial charge in [0, 0.05) is 34.9 Å². The maximum atomic E-state index is 12.8. The number of hydrogen-bond acceptors (Lipinski definition) is 5. The number of fused-ring (bicyclic) bond motifs is 1. The summed E-state index contributed by atoms with van der Waals surface area (Å²) in [6.45, 7) is 5.09. The molecule has 3 rings (SSSR count). The molecule has 0 spiro atoms. The number of aryl methyl sites for hydroxylation is 1. The van der Waals surface area contributed by atoms with Crippen molar-refractivity contribution in [2.75, 3.05) is 28.3 Å². The second-order valence-corrected chi connectivity index (χ2v) is 8.84. The smallest absolute Gasteiger partial charge is 0.259 e. The Morgan fingerprint density at radius 3 is 2.28 bits per heavy atom. The Bertz CT molecular complexity index is 1060. The van der Waals surface area contributed by atoms with Crippen LogP contribution in [0.15, 0.2) is 29.2 Å². The molecule has 2 aromatic heterocycles. The van der Waals surface area contributed by atoms with Crippen molar-refractivity contribution >= 4 is 21.4 Å². The van der Waals surface area contributed by atoms with Crippen LogP contribution in [0, 0.1) is 0 Å². The van der Waals surface area contributed by atoms with Gasteiger partial charge in [-0.3, -0.25) is 4.79 Å². The zero-order valence-corrected chi connectivity index (χ0v) is 19.1. The topological polar surface area (TPSA) is 43.7 Å². The lowest BCUT2D eigenvalue weighted by Crippen LogP contribution is -2.15. The van der Waals surface area contributed by atoms with Crippen LogP contribution in [0.2, 0.25) is 0 Å². The molecule has 0 radical (unpaired) electrons. The summed E-state index contributed by atoms with van der Waals surface area (Å²) in [5, 5.41) is 0.778. The van der Waals surface area contributed by atoms with Gasteiger partial charge in [-0.05, 0) is 50.2 Å². The number of pyridine rings is 1. The molecule has 6 heteroatoms. The summed E-state index contributed by atoms with van der Waals surface area (Å²) >= 11 is 1.71. The number of thiophene rings is 1. The van der Waals surface area contributed by atoms with Crippen LogP contribution in [0.1, 0.15) is 36.6 Å². The van der Waals surface area contributed by atoms with E-state index < -0.39 is 0 Å². The van der Waals surface area contributed by atoms with Crippen molar-refractivity contribution in [3.05, 3.63) is 45.2 Å². The van der Waals surface area contributed by atoms with Crippen molar-refractivity contribution in [3.63, 3.8) is 0 Å². The predicted octanol–water partition coefficient (Wildman–Crippen LogP) is 4.86. The highest BCUT2D eigenvalue weighted by Crippen LogP contribution is 2.41. The highest BCUT2D eigenvalue weighted by Gasteiger charge is 2.19. The second kappa shape index (κ2) is 8.59. The first-order valence-corrected chi connectivity index (χ1v) is 10.6. The first kappa shape index (κ1) is 21.4. The maximum absolute atomic E-state index is 12.8. The summed E-state index contributed by atoms with van der Waals surface area (Å²) in [5.41, 5.74) is 3.06. The Morgan fingerprint density at radius 2 is 1.76 bits per heavy atom. The van der Waals surface area contributed by atoms with Crippen molar-refractivity contribution < 1.29 is 9.47 Å². The lowest BCUT2D eigenvalue weighted by Gasteiger charge is -2.19. The van der Waals surface area contributed by atoms with Gasteiger partial charge < -0.3 is 18.9 Å². The fourth-order valence-corrected chi connectivity index (χ4v) is 4.85. The minimum Gasteiger partial charge on any atom is -0.496 e. The number of aromatic nitrogens is 1. The highest BCUT2D eigenvalue weighted by atomic mass is 32.1. The largest absolute Gasteiger partial charge is 0.496 e. The molecule has 0 aliphatic carbocycles. The third kappa shape index (κ3) is 4.05. The van der Waals surface area contributed by atoms with Gasteiger partial charge in [-0.25, -0.2) is 0 Å². The highest BCUT2D eigenvalue weighted by molar-refractivity contribution is 7.19. The average Bonchev–Trinajstić information content (AvgIpc) is 3.15. The fourth-order valence-electron chi connectivity index (χ4n) is 3.53. The summed E-state index contributed by atoms with van der Waals surface area (Å²) in [7, 11) is 9.21. The number of rotatable bonds is 7. The van der Waals surface area contributed by atoms with E-state index in [0.29, 0.717) is 12.5 Å². The van der Waals surface area contributed by atoms with Gasteiger partial charge in [0.15, 0.2) is 0 Å². The van der Waals surface area contributed by atoms with Gasteiger partial charge in [0.2, 0.25) is 0 Å². The summed E-state index contributed by atoms with van der Waals surface area (Å²) in [5.74, 6) is 2.00. The molecule has 3 aromatic rings. The van der Waals surface area contributed by atoms with Crippen LogP contribution in [-0.2, 0) is 13.6 Å². The molecule has 5 nitrogen and oxygen atoms in total. The van der Waals surface area contributed by atoms with E-state index in [4.69, 9.17) is 9.47 Å². The van der Waals surface area contributed by atoms with Crippen LogP contribution >= 0.6 is 11.3 Å². The summed E-state index contributed by atoms with van der Waals surface area (Å²) in [6.07, 6.45) is 2.96. The van der Waals surface area contributed by atoms with Gasteiger partial charge in [0.1, 0.15) is 11.5 Å². The molecular weight excluding hydrogens is 384 g/mol. The van der Waals surface area contributed by atoms with Gasteiger partial charge in [0.25, 0.3) is 5.56 Å². The quantitative estimate of drug-likeness (QED) is 0.554. The Hall–Kier alpha value is -2.31. The van der Waals surface area contributed by atoms with E-state index in [1.165, 1.54) is 4.88 Å². The zero-order valence-electron chi connectivity index (χ0n) is 18.3. The maximum Gasteiger partial charge on any atom is 0.259 e. The number of ether oxygens (including phenoxy) is 2. The minimum atomic E-state index is 0.0395. The van der Waals surface area contributed by atoms with E-state index in [9.17, 15) is 4.79 Å². The van der Waals surface area contributed by atoms with Crippen molar-refractivity contribution in [3.8, 4) is 22.6 Å². The average molecular weight is 415 g/mol. The number of hydrogen-bond donors (Lipinski definition) is 0. The minimum absolute atomic E-state index is 0.0395. The van der Waals surface area contributed by atoms with Crippen molar-refractivity contribution in [2.24, 2.45) is 7.05 Å². The van der Waals surface area contributed by atoms with Crippen molar-refractivity contribution in [1.29, 1.82) is 0 Å². The molecule has 0 bridgehead atoms. The van der Waals surface area contributed by atoms with Crippen LogP contribution in [-0.4, -0.2) is 37.8 Å². The van der Waals surface area contributed by atoms with Gasteiger partial charge in [-0.2, -0.15) is 0 Å². The monoisotopic (exact) mass is 414 g/mol. The van der Waals surface area contributed by atoms with Gasteiger partial charge in [0.05, 0.1) is 25.2 Å². The Labute approximate surface area is 176 Å². The van der Waals surface area contributed by atoms with Gasteiger partial charge in [-0.1, -0.05) is 13.8 Å². The zero-order chi connectivity index (χ0) is 21.3. The van der Waals surface area contributed by atoms with E-state index in [1.54, 1.807) is 37.2 Å². The molecule has 0 aliphatic rings. The molecule has 0 fully saturated rings. The number of nitrogens with zero attached hydrogens (tertiary/aromatic N) is 2. The van der Waals surface area contributed by atoms with E-state index in [2.05, 4.69) is 24.8 Å². The van der Waals surface area contributed by atoms with E-state index in [-0.39, 0.29) is 5.56 Å². The molecular formula is C23H30N2O3S. The molecule has 29 heavy (non-hydrogen) atoms. The van der Waals surface area contributed by atoms with Crippen molar-refractivity contribution in [2.45, 2.75) is 32.7 Å². The van der Waals surface area contributed by atoms with Gasteiger partial charge >= 0.3 is 0 Å². The molecule has 0 N–H and O–H groups in total. The van der Waals surface area contributed by atoms with Crippen LogP contribution in [0.5, 0.6) is 11.5 Å². The lowest BCUT2D eigenvalue weighted by atomic mass is 10.0. The first-order valence-electron chi connectivity index (χ1n) is 9.83. The molecule has 1 unspecified atom stereocenters.